The maximum Gasteiger partial charge on any atom is 0.162 e. The summed E-state index contributed by atoms with van der Waals surface area (Å²) < 4.78 is 25.8. The summed E-state index contributed by atoms with van der Waals surface area (Å²) >= 11 is 0. The molecule has 2 rings (SSSR count). The second kappa shape index (κ2) is 2.41. The van der Waals surface area contributed by atoms with E-state index in [9.17, 15) is 8.78 Å². The zero-order chi connectivity index (χ0) is 8.72. The summed E-state index contributed by atoms with van der Waals surface area (Å²) in [6.07, 6.45) is 1.33. The molecule has 0 unspecified atom stereocenters. The molecule has 0 saturated heterocycles. The van der Waals surface area contributed by atoms with E-state index in [0.717, 1.165) is 23.6 Å². The third kappa shape index (κ3) is 0.876. The maximum atomic E-state index is 13.1. The summed E-state index contributed by atoms with van der Waals surface area (Å²) in [5.41, 5.74) is 2.18. The Morgan fingerprint density at radius 1 is 1.17 bits per heavy atom. The highest BCUT2D eigenvalue weighted by molar-refractivity contribution is 5.70. The second-order valence-corrected chi connectivity index (χ2v) is 2.99. The van der Waals surface area contributed by atoms with Crippen molar-refractivity contribution in [3.05, 3.63) is 41.5 Å². The van der Waals surface area contributed by atoms with Crippen LogP contribution in [0.1, 0.15) is 17.5 Å². The van der Waals surface area contributed by atoms with E-state index in [2.05, 4.69) is 6.58 Å². The maximum absolute atomic E-state index is 13.1. The van der Waals surface area contributed by atoms with Crippen molar-refractivity contribution >= 4 is 5.57 Å². The van der Waals surface area contributed by atoms with E-state index in [-0.39, 0.29) is 0 Å². The summed E-state index contributed by atoms with van der Waals surface area (Å²) in [5, 5.41) is 0. The van der Waals surface area contributed by atoms with E-state index in [0.29, 0.717) is 12.0 Å². The first-order valence-corrected chi connectivity index (χ1v) is 3.85. The SMILES string of the molecule is C=C1CCc2c1ccc(F)c2F. The van der Waals surface area contributed by atoms with Crippen molar-refractivity contribution in [3.63, 3.8) is 0 Å². The van der Waals surface area contributed by atoms with Crippen LogP contribution >= 0.6 is 0 Å². The van der Waals surface area contributed by atoms with Gasteiger partial charge in [-0.25, -0.2) is 8.78 Å². The zero-order valence-corrected chi connectivity index (χ0v) is 6.53. The summed E-state index contributed by atoms with van der Waals surface area (Å²) in [6.45, 7) is 3.78. The van der Waals surface area contributed by atoms with Gasteiger partial charge in [0.1, 0.15) is 0 Å². The number of hydrogen-bond donors (Lipinski definition) is 0. The van der Waals surface area contributed by atoms with Crippen molar-refractivity contribution in [1.29, 1.82) is 0 Å². The molecule has 0 saturated carbocycles. The quantitative estimate of drug-likeness (QED) is 0.555. The number of allylic oxidation sites excluding steroid dienone is 1. The largest absolute Gasteiger partial charge is 0.204 e. The van der Waals surface area contributed by atoms with Crippen LogP contribution in [0.3, 0.4) is 0 Å². The second-order valence-electron chi connectivity index (χ2n) is 2.99. The van der Waals surface area contributed by atoms with Gasteiger partial charge in [0.2, 0.25) is 0 Å². The molecule has 0 heterocycles. The third-order valence-electron chi connectivity index (χ3n) is 2.25. The lowest BCUT2D eigenvalue weighted by Crippen LogP contribution is -1.92. The summed E-state index contributed by atoms with van der Waals surface area (Å²) in [7, 11) is 0. The topological polar surface area (TPSA) is 0 Å². The standard InChI is InChI=1S/C10H8F2/c1-6-2-3-8-7(6)4-5-9(11)10(8)12/h4-5H,1-3H2. The van der Waals surface area contributed by atoms with Crippen LogP contribution in [0.2, 0.25) is 0 Å². The van der Waals surface area contributed by atoms with Gasteiger partial charge in [0, 0.05) is 0 Å². The molecule has 0 bridgehead atoms. The molecule has 62 valence electrons. The molecule has 0 atom stereocenters. The number of halogens is 2. The normalized spacial score (nSPS) is 15.0. The molecule has 0 spiro atoms. The van der Waals surface area contributed by atoms with Gasteiger partial charge >= 0.3 is 0 Å². The minimum atomic E-state index is -0.761. The molecule has 12 heavy (non-hydrogen) atoms. The van der Waals surface area contributed by atoms with E-state index < -0.39 is 11.6 Å². The number of hydrogen-bond acceptors (Lipinski definition) is 0. The fourth-order valence-electron chi connectivity index (χ4n) is 1.58. The minimum absolute atomic E-state index is 0.486. The smallest absolute Gasteiger partial charge is 0.162 e. The van der Waals surface area contributed by atoms with Crippen LogP contribution in [-0.2, 0) is 6.42 Å². The Labute approximate surface area is 69.5 Å². The van der Waals surface area contributed by atoms with E-state index >= 15 is 0 Å². The first-order valence-electron chi connectivity index (χ1n) is 3.85. The summed E-state index contributed by atoms with van der Waals surface area (Å²) in [5.74, 6) is -1.46. The molecule has 1 aromatic carbocycles. The van der Waals surface area contributed by atoms with Crippen LogP contribution in [0.5, 0.6) is 0 Å². The number of fused-ring (bicyclic) bond motifs is 1. The molecule has 1 aliphatic rings. The molecular formula is C10H8F2. The lowest BCUT2D eigenvalue weighted by molar-refractivity contribution is 0.500. The van der Waals surface area contributed by atoms with Crippen molar-refractivity contribution in [2.75, 3.05) is 0 Å². The molecule has 2 heteroatoms. The van der Waals surface area contributed by atoms with Crippen molar-refractivity contribution in [1.82, 2.24) is 0 Å². The van der Waals surface area contributed by atoms with Gasteiger partial charge in [-0.1, -0.05) is 12.6 Å². The van der Waals surface area contributed by atoms with Gasteiger partial charge in [0.15, 0.2) is 11.6 Å². The van der Waals surface area contributed by atoms with Gasteiger partial charge in [-0.3, -0.25) is 0 Å². The Morgan fingerprint density at radius 2 is 1.92 bits per heavy atom. The fraction of sp³-hybridized carbons (Fsp3) is 0.200. The summed E-state index contributed by atoms with van der Waals surface area (Å²) in [6, 6.07) is 2.76. The molecule has 1 aromatic rings. The van der Waals surface area contributed by atoms with Crippen LogP contribution in [0.4, 0.5) is 8.78 Å². The summed E-state index contributed by atoms with van der Waals surface area (Å²) in [4.78, 5) is 0. The highest BCUT2D eigenvalue weighted by Gasteiger charge is 2.20. The Bertz CT molecular complexity index is 353. The first kappa shape index (κ1) is 7.47. The highest BCUT2D eigenvalue weighted by atomic mass is 19.2. The molecule has 0 amide bonds. The van der Waals surface area contributed by atoms with Gasteiger partial charge < -0.3 is 0 Å². The Hall–Kier alpha value is -1.18. The fourth-order valence-corrected chi connectivity index (χ4v) is 1.58. The highest BCUT2D eigenvalue weighted by Crippen LogP contribution is 2.33. The van der Waals surface area contributed by atoms with E-state index in [1.165, 1.54) is 0 Å². The van der Waals surface area contributed by atoms with Gasteiger partial charge in [0.25, 0.3) is 0 Å². The van der Waals surface area contributed by atoms with Crippen molar-refractivity contribution < 1.29 is 8.78 Å². The van der Waals surface area contributed by atoms with Gasteiger partial charge in [-0.15, -0.1) is 0 Å². The van der Waals surface area contributed by atoms with E-state index in [1.54, 1.807) is 6.07 Å². The third-order valence-corrected chi connectivity index (χ3v) is 2.25. The monoisotopic (exact) mass is 166 g/mol. The van der Waals surface area contributed by atoms with Crippen LogP contribution in [0, 0.1) is 11.6 Å². The molecule has 0 N–H and O–H groups in total. The molecular weight excluding hydrogens is 158 g/mol. The molecule has 1 aliphatic carbocycles. The predicted octanol–water partition coefficient (Wildman–Crippen LogP) is 2.92. The molecule has 0 radical (unpaired) electrons. The van der Waals surface area contributed by atoms with Crippen molar-refractivity contribution in [3.8, 4) is 0 Å². The molecule has 0 aliphatic heterocycles. The van der Waals surface area contributed by atoms with Gasteiger partial charge in [-0.2, -0.15) is 0 Å². The molecule has 0 nitrogen and oxygen atoms in total. The van der Waals surface area contributed by atoms with E-state index in [4.69, 9.17) is 0 Å². The van der Waals surface area contributed by atoms with Crippen LogP contribution in [-0.4, -0.2) is 0 Å². The Balaban J connectivity index is 2.68. The van der Waals surface area contributed by atoms with E-state index in [1.807, 2.05) is 0 Å². The van der Waals surface area contributed by atoms with Crippen LogP contribution < -0.4 is 0 Å². The average molecular weight is 166 g/mol. The van der Waals surface area contributed by atoms with Gasteiger partial charge in [0.05, 0.1) is 0 Å². The zero-order valence-electron chi connectivity index (χ0n) is 6.53. The van der Waals surface area contributed by atoms with Crippen LogP contribution in [0.25, 0.3) is 5.57 Å². The minimum Gasteiger partial charge on any atom is -0.204 e. The first-order chi connectivity index (χ1) is 5.70. The van der Waals surface area contributed by atoms with Gasteiger partial charge in [-0.05, 0) is 35.6 Å². The Morgan fingerprint density at radius 3 is 2.67 bits per heavy atom. The predicted molar refractivity (Wildman–Crippen MR) is 43.7 cm³/mol. The number of benzene rings is 1. The average Bonchev–Trinajstić information content (AvgIpc) is 2.41. The lowest BCUT2D eigenvalue weighted by atomic mass is 10.1. The molecule has 0 fully saturated rings. The van der Waals surface area contributed by atoms with Crippen LogP contribution in [0.15, 0.2) is 18.7 Å². The van der Waals surface area contributed by atoms with Crippen molar-refractivity contribution in [2.24, 2.45) is 0 Å². The number of rotatable bonds is 0. The Kier molecular flexibility index (Phi) is 1.50. The lowest BCUT2D eigenvalue weighted by Gasteiger charge is -2.00. The molecule has 0 aromatic heterocycles. The van der Waals surface area contributed by atoms with Crippen molar-refractivity contribution in [2.45, 2.75) is 12.8 Å².